The lowest BCUT2D eigenvalue weighted by Gasteiger charge is -2.18. The van der Waals surface area contributed by atoms with Gasteiger partial charge in [-0.3, -0.25) is 0 Å². The minimum Gasteiger partial charge on any atom is -0.366 e. The van der Waals surface area contributed by atoms with Gasteiger partial charge >= 0.3 is 0 Å². The molecular formula is C15H25BrN4. The molecule has 1 fully saturated rings. The van der Waals surface area contributed by atoms with E-state index < -0.39 is 0 Å². The lowest BCUT2D eigenvalue weighted by atomic mass is 10.1. The number of hydrogen-bond acceptors (Lipinski definition) is 4. The van der Waals surface area contributed by atoms with Gasteiger partial charge < -0.3 is 10.6 Å². The van der Waals surface area contributed by atoms with E-state index in [1.165, 1.54) is 44.9 Å². The number of anilines is 2. The molecule has 0 amide bonds. The third kappa shape index (κ3) is 4.93. The molecule has 2 N–H and O–H groups in total. The Balaban J connectivity index is 1.96. The van der Waals surface area contributed by atoms with Gasteiger partial charge in [0.05, 0.1) is 4.47 Å². The zero-order valence-electron chi connectivity index (χ0n) is 12.3. The Morgan fingerprint density at radius 1 is 1.25 bits per heavy atom. The number of rotatable bonds is 6. The van der Waals surface area contributed by atoms with Gasteiger partial charge in [-0.25, -0.2) is 4.98 Å². The summed E-state index contributed by atoms with van der Waals surface area (Å²) >= 11 is 3.54. The Morgan fingerprint density at radius 3 is 2.70 bits per heavy atom. The second-order valence-electron chi connectivity index (χ2n) is 5.50. The molecule has 0 radical (unpaired) electrons. The van der Waals surface area contributed by atoms with Gasteiger partial charge in [-0.05, 0) is 35.2 Å². The minimum atomic E-state index is 0.548. The third-order valence-corrected chi connectivity index (χ3v) is 4.33. The van der Waals surface area contributed by atoms with Crippen LogP contribution in [0.1, 0.15) is 58.3 Å². The van der Waals surface area contributed by atoms with Crippen molar-refractivity contribution >= 4 is 27.7 Å². The zero-order valence-corrected chi connectivity index (χ0v) is 13.9. The van der Waals surface area contributed by atoms with Gasteiger partial charge in [-0.1, -0.05) is 39.0 Å². The number of halogens is 1. The molecule has 1 heterocycles. The van der Waals surface area contributed by atoms with Crippen molar-refractivity contribution in [2.24, 2.45) is 0 Å². The van der Waals surface area contributed by atoms with E-state index in [9.17, 15) is 0 Å². The molecule has 1 aliphatic rings. The van der Waals surface area contributed by atoms with Crippen LogP contribution in [0.4, 0.5) is 11.8 Å². The molecule has 0 aromatic carbocycles. The standard InChI is InChI=1S/C15H25BrN4/c1-2-3-10-17-15-18-11-13(16)14(20-15)19-12-8-6-4-5-7-9-12/h11-12H,2-10H2,1H3,(H2,17,18,19,20). The molecule has 1 aliphatic carbocycles. The molecule has 5 heteroatoms. The molecule has 0 aliphatic heterocycles. The van der Waals surface area contributed by atoms with E-state index in [1.807, 2.05) is 6.20 Å². The predicted octanol–water partition coefficient (Wildman–Crippen LogP) is 4.59. The number of nitrogens with one attached hydrogen (secondary N) is 2. The maximum absolute atomic E-state index is 4.59. The Hall–Kier alpha value is -0.840. The van der Waals surface area contributed by atoms with E-state index in [1.54, 1.807) is 0 Å². The Morgan fingerprint density at radius 2 is 2.00 bits per heavy atom. The monoisotopic (exact) mass is 340 g/mol. The van der Waals surface area contributed by atoms with Crippen molar-refractivity contribution in [1.82, 2.24) is 9.97 Å². The molecule has 4 nitrogen and oxygen atoms in total. The number of hydrogen-bond donors (Lipinski definition) is 2. The first-order valence-electron chi connectivity index (χ1n) is 7.82. The Kier molecular flexibility index (Phi) is 6.57. The number of nitrogens with zero attached hydrogens (tertiary/aromatic N) is 2. The maximum Gasteiger partial charge on any atom is 0.224 e. The summed E-state index contributed by atoms with van der Waals surface area (Å²) in [6.45, 7) is 3.12. The summed E-state index contributed by atoms with van der Waals surface area (Å²) in [4.78, 5) is 8.90. The summed E-state index contributed by atoms with van der Waals surface area (Å²) in [5.41, 5.74) is 0. The van der Waals surface area contributed by atoms with Crippen LogP contribution in [0.15, 0.2) is 10.7 Å². The molecule has 112 valence electrons. The second kappa shape index (κ2) is 8.45. The van der Waals surface area contributed by atoms with Gasteiger partial charge in [0.25, 0.3) is 0 Å². The van der Waals surface area contributed by atoms with E-state index >= 15 is 0 Å². The second-order valence-corrected chi connectivity index (χ2v) is 6.36. The van der Waals surface area contributed by atoms with Crippen LogP contribution in [0, 0.1) is 0 Å². The lowest BCUT2D eigenvalue weighted by molar-refractivity contribution is 0.617. The molecule has 0 unspecified atom stereocenters. The van der Waals surface area contributed by atoms with Crippen LogP contribution in [0.3, 0.4) is 0 Å². The first-order chi connectivity index (χ1) is 9.79. The highest BCUT2D eigenvalue weighted by molar-refractivity contribution is 9.10. The van der Waals surface area contributed by atoms with Crippen molar-refractivity contribution in [3.05, 3.63) is 10.7 Å². The third-order valence-electron chi connectivity index (χ3n) is 3.75. The summed E-state index contributed by atoms with van der Waals surface area (Å²) in [6, 6.07) is 0.548. The van der Waals surface area contributed by atoms with Crippen molar-refractivity contribution in [3.8, 4) is 0 Å². The van der Waals surface area contributed by atoms with Gasteiger partial charge in [-0.15, -0.1) is 0 Å². The van der Waals surface area contributed by atoms with Crippen LogP contribution >= 0.6 is 15.9 Å². The Bertz CT molecular complexity index is 403. The predicted molar refractivity (Wildman–Crippen MR) is 88.2 cm³/mol. The van der Waals surface area contributed by atoms with E-state index in [0.29, 0.717) is 6.04 Å². The highest BCUT2D eigenvalue weighted by Crippen LogP contribution is 2.25. The number of aromatic nitrogens is 2. The van der Waals surface area contributed by atoms with E-state index in [0.717, 1.165) is 29.2 Å². The van der Waals surface area contributed by atoms with Gasteiger partial charge in [0, 0.05) is 18.8 Å². The van der Waals surface area contributed by atoms with Crippen molar-refractivity contribution in [2.45, 2.75) is 64.3 Å². The van der Waals surface area contributed by atoms with Crippen LogP contribution in [0.25, 0.3) is 0 Å². The normalized spacial score (nSPS) is 16.7. The van der Waals surface area contributed by atoms with Gasteiger partial charge in [-0.2, -0.15) is 4.98 Å². The molecule has 2 rings (SSSR count). The molecule has 0 bridgehead atoms. The highest BCUT2D eigenvalue weighted by Gasteiger charge is 2.14. The molecule has 1 saturated carbocycles. The van der Waals surface area contributed by atoms with Crippen molar-refractivity contribution in [1.29, 1.82) is 0 Å². The fourth-order valence-corrected chi connectivity index (χ4v) is 2.85. The average molecular weight is 341 g/mol. The van der Waals surface area contributed by atoms with Crippen LogP contribution in [-0.2, 0) is 0 Å². The maximum atomic E-state index is 4.59. The molecule has 1 aromatic rings. The minimum absolute atomic E-state index is 0.548. The Labute approximate surface area is 130 Å². The average Bonchev–Trinajstić information content (AvgIpc) is 2.71. The van der Waals surface area contributed by atoms with Crippen molar-refractivity contribution in [3.63, 3.8) is 0 Å². The summed E-state index contributed by atoms with van der Waals surface area (Å²) in [7, 11) is 0. The summed E-state index contributed by atoms with van der Waals surface area (Å²) < 4.78 is 0.947. The molecule has 0 spiro atoms. The molecular weight excluding hydrogens is 316 g/mol. The topological polar surface area (TPSA) is 49.8 Å². The summed E-state index contributed by atoms with van der Waals surface area (Å²) in [5, 5.41) is 6.86. The van der Waals surface area contributed by atoms with E-state index in [2.05, 4.69) is 43.5 Å². The zero-order chi connectivity index (χ0) is 14.2. The van der Waals surface area contributed by atoms with Gasteiger partial charge in [0.2, 0.25) is 5.95 Å². The van der Waals surface area contributed by atoms with Crippen LogP contribution in [-0.4, -0.2) is 22.6 Å². The van der Waals surface area contributed by atoms with Gasteiger partial charge in [0.1, 0.15) is 5.82 Å². The smallest absolute Gasteiger partial charge is 0.224 e. The lowest BCUT2D eigenvalue weighted by Crippen LogP contribution is -2.20. The van der Waals surface area contributed by atoms with E-state index in [4.69, 9.17) is 0 Å². The largest absolute Gasteiger partial charge is 0.366 e. The molecule has 20 heavy (non-hydrogen) atoms. The fourth-order valence-electron chi connectivity index (χ4n) is 2.55. The molecule has 0 atom stereocenters. The SMILES string of the molecule is CCCCNc1ncc(Br)c(NC2CCCCCC2)n1. The summed E-state index contributed by atoms with van der Waals surface area (Å²) in [5.74, 6) is 1.64. The molecule has 0 saturated heterocycles. The van der Waals surface area contributed by atoms with Crippen molar-refractivity contribution < 1.29 is 0 Å². The van der Waals surface area contributed by atoms with Crippen LogP contribution < -0.4 is 10.6 Å². The molecule has 1 aromatic heterocycles. The van der Waals surface area contributed by atoms with E-state index in [-0.39, 0.29) is 0 Å². The quantitative estimate of drug-likeness (QED) is 0.587. The summed E-state index contributed by atoms with van der Waals surface area (Å²) in [6.07, 6.45) is 12.0. The fraction of sp³-hybridized carbons (Fsp3) is 0.733. The number of unbranched alkanes of at least 4 members (excludes halogenated alkanes) is 1. The first-order valence-corrected chi connectivity index (χ1v) is 8.62. The first kappa shape index (κ1) is 15.5. The van der Waals surface area contributed by atoms with Crippen LogP contribution in [0.2, 0.25) is 0 Å². The van der Waals surface area contributed by atoms with Crippen molar-refractivity contribution in [2.75, 3.05) is 17.2 Å². The highest BCUT2D eigenvalue weighted by atomic mass is 79.9. The van der Waals surface area contributed by atoms with Crippen LogP contribution in [0.5, 0.6) is 0 Å². The van der Waals surface area contributed by atoms with Gasteiger partial charge in [0.15, 0.2) is 0 Å².